The second-order valence-corrected chi connectivity index (χ2v) is 5.19. The normalized spacial score (nSPS) is 13.6. The van der Waals surface area contributed by atoms with Crippen LogP contribution in [0.4, 0.5) is 0 Å². The number of para-hydroxylation sites is 1. The summed E-state index contributed by atoms with van der Waals surface area (Å²) in [6, 6.07) is 14.2. The van der Waals surface area contributed by atoms with Gasteiger partial charge >= 0.3 is 0 Å². The van der Waals surface area contributed by atoms with Crippen molar-refractivity contribution in [3.05, 3.63) is 48.0 Å². The Bertz CT molecular complexity index is 702. The van der Waals surface area contributed by atoms with Crippen molar-refractivity contribution in [3.8, 4) is 16.3 Å². The highest BCUT2D eigenvalue weighted by Crippen LogP contribution is 2.35. The molecule has 0 atom stereocenters. The highest BCUT2D eigenvalue weighted by atomic mass is 32.1. The van der Waals surface area contributed by atoms with Crippen molar-refractivity contribution < 1.29 is 9.78 Å². The van der Waals surface area contributed by atoms with Crippen LogP contribution in [0, 0.1) is 0 Å². The average Bonchev–Trinajstić information content (AvgIpc) is 3.04. The zero-order valence-electron chi connectivity index (χ0n) is 9.42. The summed E-state index contributed by atoms with van der Waals surface area (Å²) in [5.41, 5.74) is 3.19. The molecule has 0 unspecified atom stereocenters. The largest absolute Gasteiger partial charge is 0.337 e. The number of hydrogen-bond acceptors (Lipinski definition) is 4. The van der Waals surface area contributed by atoms with Crippen LogP contribution in [0.25, 0.3) is 20.8 Å². The molecule has 2 heterocycles. The summed E-state index contributed by atoms with van der Waals surface area (Å²) >= 11 is 1.69. The third-order valence-corrected chi connectivity index (χ3v) is 4.06. The second-order valence-electron chi connectivity index (χ2n) is 4.15. The van der Waals surface area contributed by atoms with Gasteiger partial charge in [-0.05, 0) is 18.2 Å². The predicted octanol–water partition coefficient (Wildman–Crippen LogP) is 3.79. The van der Waals surface area contributed by atoms with Crippen molar-refractivity contribution in [3.63, 3.8) is 0 Å². The van der Waals surface area contributed by atoms with E-state index in [1.54, 1.807) is 11.3 Å². The summed E-state index contributed by atoms with van der Waals surface area (Å²) in [6.07, 6.45) is 0. The first-order valence-electron chi connectivity index (χ1n) is 5.68. The number of nitrogens with zero attached hydrogens (tertiary/aromatic N) is 1. The van der Waals surface area contributed by atoms with Gasteiger partial charge in [0.25, 0.3) is 0 Å². The van der Waals surface area contributed by atoms with E-state index in [4.69, 9.17) is 9.78 Å². The van der Waals surface area contributed by atoms with E-state index in [2.05, 4.69) is 17.1 Å². The van der Waals surface area contributed by atoms with E-state index < -0.39 is 0 Å². The maximum atomic E-state index is 5.11. The minimum atomic E-state index is 0.523. The van der Waals surface area contributed by atoms with Crippen molar-refractivity contribution in [2.75, 3.05) is 0 Å². The van der Waals surface area contributed by atoms with Crippen molar-refractivity contribution in [2.45, 2.75) is 6.61 Å². The SMILES string of the molecule is c1ccc2sc(-c3ccc4c(c3)OOC4)nc2c1. The van der Waals surface area contributed by atoms with Crippen LogP contribution in [-0.2, 0) is 11.5 Å². The summed E-state index contributed by atoms with van der Waals surface area (Å²) in [5, 5.41) is 1.01. The maximum absolute atomic E-state index is 5.11. The van der Waals surface area contributed by atoms with Gasteiger partial charge in [-0.2, -0.15) is 4.89 Å². The highest BCUT2D eigenvalue weighted by Gasteiger charge is 2.15. The van der Waals surface area contributed by atoms with Crippen LogP contribution in [0.5, 0.6) is 5.75 Å². The molecule has 0 amide bonds. The lowest BCUT2D eigenvalue weighted by molar-refractivity contribution is -0.194. The van der Waals surface area contributed by atoms with Gasteiger partial charge in [0.2, 0.25) is 0 Å². The smallest absolute Gasteiger partial charge is 0.171 e. The van der Waals surface area contributed by atoms with Crippen molar-refractivity contribution in [1.29, 1.82) is 0 Å². The number of aromatic nitrogens is 1. The first-order chi connectivity index (χ1) is 8.90. The van der Waals surface area contributed by atoms with Gasteiger partial charge in [0, 0.05) is 11.1 Å². The van der Waals surface area contributed by atoms with E-state index in [0.29, 0.717) is 6.61 Å². The standard InChI is InChI=1S/C14H9NO2S/c1-2-4-13-11(3-1)15-14(18-13)9-5-6-10-8-16-17-12(10)7-9/h1-7H,8H2. The third-order valence-electron chi connectivity index (χ3n) is 2.97. The minimum absolute atomic E-state index is 0.523. The van der Waals surface area contributed by atoms with Crippen LogP contribution in [0.15, 0.2) is 42.5 Å². The molecule has 4 heteroatoms. The molecule has 0 saturated carbocycles. The summed E-state index contributed by atoms with van der Waals surface area (Å²) < 4.78 is 1.20. The minimum Gasteiger partial charge on any atom is -0.337 e. The number of thiazole rings is 1. The number of rotatable bonds is 1. The first kappa shape index (κ1) is 10.1. The van der Waals surface area contributed by atoms with E-state index in [9.17, 15) is 0 Å². The van der Waals surface area contributed by atoms with Crippen LogP contribution < -0.4 is 4.89 Å². The lowest BCUT2D eigenvalue weighted by Gasteiger charge is -1.98. The molecule has 1 aliphatic rings. The third kappa shape index (κ3) is 1.50. The van der Waals surface area contributed by atoms with Gasteiger partial charge in [-0.3, -0.25) is 0 Å². The molecule has 4 rings (SSSR count). The van der Waals surface area contributed by atoms with Crippen molar-refractivity contribution in [2.24, 2.45) is 0 Å². The molecule has 3 nitrogen and oxygen atoms in total. The zero-order valence-corrected chi connectivity index (χ0v) is 10.2. The quantitative estimate of drug-likeness (QED) is 0.620. The van der Waals surface area contributed by atoms with Crippen LogP contribution in [0.3, 0.4) is 0 Å². The Morgan fingerprint density at radius 3 is 3.00 bits per heavy atom. The molecule has 2 aromatic carbocycles. The fourth-order valence-corrected chi connectivity index (χ4v) is 3.00. The summed E-state index contributed by atoms with van der Waals surface area (Å²) in [4.78, 5) is 14.7. The molecule has 0 fully saturated rings. The summed E-state index contributed by atoms with van der Waals surface area (Å²) in [5.74, 6) is 0.798. The molecule has 3 aromatic rings. The van der Waals surface area contributed by atoms with Gasteiger partial charge in [-0.1, -0.05) is 24.3 Å². The molecule has 0 bridgehead atoms. The Morgan fingerprint density at radius 2 is 2.06 bits per heavy atom. The van der Waals surface area contributed by atoms with Crippen molar-refractivity contribution >= 4 is 21.6 Å². The molecule has 1 aromatic heterocycles. The molecule has 0 radical (unpaired) electrons. The summed E-state index contributed by atoms with van der Waals surface area (Å²) in [7, 11) is 0. The number of fused-ring (bicyclic) bond motifs is 2. The average molecular weight is 255 g/mol. The molecule has 0 N–H and O–H groups in total. The Morgan fingerprint density at radius 1 is 1.11 bits per heavy atom. The monoisotopic (exact) mass is 255 g/mol. The van der Waals surface area contributed by atoms with Gasteiger partial charge in [-0.25, -0.2) is 4.98 Å². The predicted molar refractivity (Wildman–Crippen MR) is 70.5 cm³/mol. The lowest BCUT2D eigenvalue weighted by atomic mass is 10.1. The van der Waals surface area contributed by atoms with Gasteiger partial charge in [-0.15, -0.1) is 11.3 Å². The zero-order chi connectivity index (χ0) is 11.9. The van der Waals surface area contributed by atoms with Gasteiger partial charge in [0.05, 0.1) is 10.2 Å². The van der Waals surface area contributed by atoms with E-state index in [0.717, 1.165) is 27.4 Å². The molecule has 18 heavy (non-hydrogen) atoms. The lowest BCUT2D eigenvalue weighted by Crippen LogP contribution is -1.82. The molecule has 88 valence electrons. The molecule has 1 aliphatic heterocycles. The molecular formula is C14H9NO2S. The highest BCUT2D eigenvalue weighted by molar-refractivity contribution is 7.21. The fraction of sp³-hybridized carbons (Fsp3) is 0.0714. The second kappa shape index (κ2) is 3.80. The Balaban J connectivity index is 1.86. The van der Waals surface area contributed by atoms with Crippen LogP contribution >= 0.6 is 11.3 Å². The van der Waals surface area contributed by atoms with Gasteiger partial charge < -0.3 is 4.89 Å². The Hall–Kier alpha value is -1.91. The topological polar surface area (TPSA) is 31.4 Å². The number of hydrogen-bond donors (Lipinski definition) is 0. The van der Waals surface area contributed by atoms with Gasteiger partial charge in [0.15, 0.2) is 5.75 Å². The molecule has 0 aliphatic carbocycles. The molecule has 0 spiro atoms. The molecular weight excluding hydrogens is 246 g/mol. The van der Waals surface area contributed by atoms with Gasteiger partial charge in [0.1, 0.15) is 11.6 Å². The van der Waals surface area contributed by atoms with E-state index in [-0.39, 0.29) is 0 Å². The maximum Gasteiger partial charge on any atom is 0.171 e. The summed E-state index contributed by atoms with van der Waals surface area (Å²) in [6.45, 7) is 0.523. The Labute approximate surface area is 108 Å². The fourth-order valence-electron chi connectivity index (χ4n) is 2.04. The van der Waals surface area contributed by atoms with E-state index >= 15 is 0 Å². The Kier molecular flexibility index (Phi) is 2.12. The van der Waals surface area contributed by atoms with Crippen molar-refractivity contribution in [1.82, 2.24) is 4.98 Å². The van der Waals surface area contributed by atoms with Crippen LogP contribution in [0.2, 0.25) is 0 Å². The van der Waals surface area contributed by atoms with E-state index in [1.807, 2.05) is 30.3 Å². The van der Waals surface area contributed by atoms with Crippen LogP contribution in [0.1, 0.15) is 5.56 Å². The first-order valence-corrected chi connectivity index (χ1v) is 6.50. The number of benzene rings is 2. The van der Waals surface area contributed by atoms with Crippen LogP contribution in [-0.4, -0.2) is 4.98 Å². The van der Waals surface area contributed by atoms with E-state index in [1.165, 1.54) is 4.70 Å². The molecule has 0 saturated heterocycles.